The summed E-state index contributed by atoms with van der Waals surface area (Å²) in [5, 5.41) is 12.0. The van der Waals surface area contributed by atoms with Gasteiger partial charge >= 0.3 is 5.97 Å². The van der Waals surface area contributed by atoms with Crippen LogP contribution in [0.1, 0.15) is 28.4 Å². The molecule has 0 unspecified atom stereocenters. The largest absolute Gasteiger partial charge is 0.481 e. The van der Waals surface area contributed by atoms with Gasteiger partial charge in [-0.3, -0.25) is 14.4 Å². The number of carboxylic acids is 1. The number of rotatable bonds is 5. The number of amides is 1. The smallest absolute Gasteiger partial charge is 0.305 e. The molecule has 1 amide bonds. The number of hydrogen-bond acceptors (Lipinski definition) is 3. The van der Waals surface area contributed by atoms with Crippen molar-refractivity contribution in [2.75, 3.05) is 0 Å². The summed E-state index contributed by atoms with van der Waals surface area (Å²) < 4.78 is 1.33. The molecule has 120 valence electrons. The number of hydrogen-bond donors (Lipinski definition) is 2. The molecular formula is C16H15ClN2O4. The molecular weight excluding hydrogens is 320 g/mol. The quantitative estimate of drug-likeness (QED) is 0.875. The molecule has 0 spiro atoms. The molecule has 0 bridgehead atoms. The van der Waals surface area contributed by atoms with Crippen LogP contribution in [-0.4, -0.2) is 21.6 Å². The highest BCUT2D eigenvalue weighted by molar-refractivity contribution is 6.31. The lowest BCUT2D eigenvalue weighted by Gasteiger charge is -2.18. The molecule has 6 nitrogen and oxygen atoms in total. The zero-order valence-electron chi connectivity index (χ0n) is 12.3. The van der Waals surface area contributed by atoms with Crippen molar-refractivity contribution >= 4 is 23.5 Å². The normalized spacial score (nSPS) is 11.7. The third kappa shape index (κ3) is 4.20. The summed E-state index contributed by atoms with van der Waals surface area (Å²) in [4.78, 5) is 35.0. The van der Waals surface area contributed by atoms with E-state index in [4.69, 9.17) is 16.7 Å². The molecule has 0 saturated heterocycles. The molecule has 1 atom stereocenters. The molecule has 1 aromatic heterocycles. The molecule has 0 fully saturated rings. The second-order valence-corrected chi connectivity index (χ2v) is 5.42. The molecule has 1 heterocycles. The van der Waals surface area contributed by atoms with Crippen molar-refractivity contribution in [2.45, 2.75) is 12.5 Å². The lowest BCUT2D eigenvalue weighted by atomic mass is 10.0. The Hall–Kier alpha value is -2.60. The predicted molar refractivity (Wildman–Crippen MR) is 85.6 cm³/mol. The van der Waals surface area contributed by atoms with E-state index in [2.05, 4.69) is 5.32 Å². The van der Waals surface area contributed by atoms with Gasteiger partial charge in [-0.1, -0.05) is 29.8 Å². The van der Waals surface area contributed by atoms with Gasteiger partial charge < -0.3 is 15.0 Å². The number of aliphatic carboxylic acids is 1. The van der Waals surface area contributed by atoms with Gasteiger partial charge in [0.2, 0.25) is 0 Å². The SMILES string of the molecule is Cn1ccc(C(=O)N[C@H](CC(=O)O)c2ccccc2Cl)cc1=O. The maximum Gasteiger partial charge on any atom is 0.305 e. The first kappa shape index (κ1) is 16.8. The summed E-state index contributed by atoms with van der Waals surface area (Å²) in [6, 6.07) is 8.59. The molecule has 0 aliphatic heterocycles. The Morgan fingerprint density at radius 3 is 2.61 bits per heavy atom. The van der Waals surface area contributed by atoms with Gasteiger partial charge in [0, 0.05) is 29.9 Å². The molecule has 7 heteroatoms. The first-order valence-electron chi connectivity index (χ1n) is 6.82. The van der Waals surface area contributed by atoms with Crippen molar-refractivity contribution in [3.63, 3.8) is 0 Å². The summed E-state index contributed by atoms with van der Waals surface area (Å²) in [6.45, 7) is 0. The van der Waals surface area contributed by atoms with Crippen LogP contribution in [0.15, 0.2) is 47.4 Å². The maximum absolute atomic E-state index is 12.3. The van der Waals surface area contributed by atoms with Gasteiger partial charge in [-0.15, -0.1) is 0 Å². The van der Waals surface area contributed by atoms with E-state index in [1.807, 2.05) is 0 Å². The van der Waals surface area contributed by atoms with E-state index in [0.717, 1.165) is 0 Å². The van der Waals surface area contributed by atoms with Crippen LogP contribution in [0.25, 0.3) is 0 Å². The third-order valence-corrected chi connectivity index (χ3v) is 3.68. The summed E-state index contributed by atoms with van der Waals surface area (Å²) >= 11 is 6.08. The van der Waals surface area contributed by atoms with Crippen LogP contribution in [0.5, 0.6) is 0 Å². The predicted octanol–water partition coefficient (Wildman–Crippen LogP) is 1.98. The number of nitrogens with one attached hydrogen (secondary N) is 1. The number of carbonyl (C=O) groups excluding carboxylic acids is 1. The van der Waals surface area contributed by atoms with Gasteiger partial charge in [0.15, 0.2) is 0 Å². The Morgan fingerprint density at radius 2 is 2.00 bits per heavy atom. The number of pyridine rings is 1. The second-order valence-electron chi connectivity index (χ2n) is 5.01. The number of halogens is 1. The number of aromatic nitrogens is 1. The van der Waals surface area contributed by atoms with E-state index < -0.39 is 17.9 Å². The van der Waals surface area contributed by atoms with Crippen LogP contribution in [-0.2, 0) is 11.8 Å². The highest BCUT2D eigenvalue weighted by Crippen LogP contribution is 2.25. The first-order valence-corrected chi connectivity index (χ1v) is 7.20. The molecule has 0 aliphatic carbocycles. The highest BCUT2D eigenvalue weighted by Gasteiger charge is 2.21. The lowest BCUT2D eigenvalue weighted by molar-refractivity contribution is -0.137. The number of carbonyl (C=O) groups is 2. The minimum atomic E-state index is -1.07. The van der Waals surface area contributed by atoms with Crippen LogP contribution >= 0.6 is 11.6 Å². The molecule has 1 aromatic carbocycles. The molecule has 23 heavy (non-hydrogen) atoms. The van der Waals surface area contributed by atoms with Gasteiger partial charge in [0.1, 0.15) is 0 Å². The average molecular weight is 335 g/mol. The standard InChI is InChI=1S/C16H15ClN2O4/c1-19-7-6-10(8-14(19)20)16(23)18-13(9-15(21)22)11-4-2-3-5-12(11)17/h2-8,13H,9H2,1H3,(H,18,23)(H,21,22)/t13-/m1/s1. The Bertz CT molecular complexity index is 801. The van der Waals surface area contributed by atoms with Crippen molar-refractivity contribution < 1.29 is 14.7 Å². The molecule has 0 aliphatic rings. The van der Waals surface area contributed by atoms with Crippen LogP contribution in [0, 0.1) is 0 Å². The van der Waals surface area contributed by atoms with Crippen LogP contribution in [0.4, 0.5) is 0 Å². The van der Waals surface area contributed by atoms with E-state index in [0.29, 0.717) is 10.6 Å². The Morgan fingerprint density at radius 1 is 1.30 bits per heavy atom. The zero-order valence-corrected chi connectivity index (χ0v) is 13.1. The molecule has 0 radical (unpaired) electrons. The maximum atomic E-state index is 12.3. The zero-order chi connectivity index (χ0) is 17.0. The number of aryl methyl sites for hydroxylation is 1. The lowest BCUT2D eigenvalue weighted by Crippen LogP contribution is -2.31. The monoisotopic (exact) mass is 334 g/mol. The molecule has 2 aromatic rings. The van der Waals surface area contributed by atoms with E-state index in [-0.39, 0.29) is 17.5 Å². The minimum Gasteiger partial charge on any atom is -0.481 e. The van der Waals surface area contributed by atoms with E-state index >= 15 is 0 Å². The average Bonchev–Trinajstić information content (AvgIpc) is 2.49. The van der Waals surface area contributed by atoms with Gasteiger partial charge in [0.25, 0.3) is 11.5 Å². The van der Waals surface area contributed by atoms with Crippen molar-refractivity contribution in [3.05, 3.63) is 69.1 Å². The summed E-state index contributed by atoms with van der Waals surface area (Å²) in [5.74, 6) is -1.60. The fraction of sp³-hybridized carbons (Fsp3) is 0.188. The van der Waals surface area contributed by atoms with E-state index in [9.17, 15) is 14.4 Å². The van der Waals surface area contributed by atoms with Crippen molar-refractivity contribution in [1.82, 2.24) is 9.88 Å². The number of nitrogens with zero attached hydrogens (tertiary/aromatic N) is 1. The first-order chi connectivity index (χ1) is 10.9. The summed E-state index contributed by atoms with van der Waals surface area (Å²) in [5.41, 5.74) is 0.342. The third-order valence-electron chi connectivity index (χ3n) is 3.33. The van der Waals surface area contributed by atoms with Crippen LogP contribution in [0.3, 0.4) is 0 Å². The van der Waals surface area contributed by atoms with Crippen molar-refractivity contribution in [2.24, 2.45) is 7.05 Å². The molecule has 2 N–H and O–H groups in total. The minimum absolute atomic E-state index is 0.163. The fourth-order valence-corrected chi connectivity index (χ4v) is 2.37. The van der Waals surface area contributed by atoms with Crippen molar-refractivity contribution in [1.29, 1.82) is 0 Å². The topological polar surface area (TPSA) is 88.4 Å². The molecule has 0 saturated carbocycles. The van der Waals surface area contributed by atoms with E-state index in [1.54, 1.807) is 31.3 Å². The fourth-order valence-electron chi connectivity index (χ4n) is 2.10. The number of benzene rings is 1. The van der Waals surface area contributed by atoms with Crippen LogP contribution < -0.4 is 10.9 Å². The summed E-state index contributed by atoms with van der Waals surface area (Å²) in [6.07, 6.45) is 1.15. The Kier molecular flexibility index (Phi) is 5.18. The Labute approximate surface area is 137 Å². The molecule has 2 rings (SSSR count). The van der Waals surface area contributed by atoms with Crippen molar-refractivity contribution in [3.8, 4) is 0 Å². The highest BCUT2D eigenvalue weighted by atomic mass is 35.5. The summed E-state index contributed by atoms with van der Waals surface area (Å²) in [7, 11) is 1.57. The van der Waals surface area contributed by atoms with Crippen LogP contribution in [0.2, 0.25) is 5.02 Å². The Balaban J connectivity index is 2.28. The van der Waals surface area contributed by atoms with E-state index in [1.165, 1.54) is 22.9 Å². The van der Waals surface area contributed by atoms with Gasteiger partial charge in [-0.2, -0.15) is 0 Å². The van der Waals surface area contributed by atoms with Gasteiger partial charge in [0.05, 0.1) is 12.5 Å². The second kappa shape index (κ2) is 7.11. The van der Waals surface area contributed by atoms with Gasteiger partial charge in [-0.05, 0) is 17.7 Å². The van der Waals surface area contributed by atoms with Gasteiger partial charge in [-0.25, -0.2) is 0 Å². The number of carboxylic acid groups (broad SMARTS) is 1.